The standard InChI is InChI=1S/C22H37N3O/c1-6-23-21(25(5)14-11-19-12-15-26-16-13-19)24-17-22(3,4)20-10-8-7-9-18(20)2/h7-10,19H,6,11-17H2,1-5H3,(H,23,24). The van der Waals surface area contributed by atoms with Crippen LogP contribution in [0, 0.1) is 12.8 Å². The number of nitrogens with one attached hydrogen (secondary N) is 1. The fraction of sp³-hybridized carbons (Fsp3) is 0.682. The van der Waals surface area contributed by atoms with Crippen molar-refractivity contribution in [1.82, 2.24) is 10.2 Å². The van der Waals surface area contributed by atoms with Crippen LogP contribution in [-0.2, 0) is 10.2 Å². The maximum absolute atomic E-state index is 5.47. The summed E-state index contributed by atoms with van der Waals surface area (Å²) < 4.78 is 5.47. The maximum atomic E-state index is 5.47. The summed E-state index contributed by atoms with van der Waals surface area (Å²) in [6, 6.07) is 8.64. The molecule has 1 heterocycles. The number of hydrogen-bond donors (Lipinski definition) is 1. The zero-order valence-electron chi connectivity index (χ0n) is 17.3. The SMILES string of the molecule is CCNC(=NCC(C)(C)c1ccccc1C)N(C)CCC1CCOCC1. The zero-order chi connectivity index (χ0) is 19.0. The number of rotatable bonds is 7. The van der Waals surface area contributed by atoms with Gasteiger partial charge in [-0.3, -0.25) is 4.99 Å². The third kappa shape index (κ3) is 6.01. The van der Waals surface area contributed by atoms with Gasteiger partial charge in [-0.15, -0.1) is 0 Å². The molecule has 4 nitrogen and oxygen atoms in total. The van der Waals surface area contributed by atoms with E-state index in [0.29, 0.717) is 0 Å². The van der Waals surface area contributed by atoms with Crippen molar-refractivity contribution in [1.29, 1.82) is 0 Å². The van der Waals surface area contributed by atoms with Crippen LogP contribution in [0.5, 0.6) is 0 Å². The fourth-order valence-electron chi connectivity index (χ4n) is 3.68. The van der Waals surface area contributed by atoms with E-state index < -0.39 is 0 Å². The molecular weight excluding hydrogens is 322 g/mol. The van der Waals surface area contributed by atoms with Crippen molar-refractivity contribution in [3.63, 3.8) is 0 Å². The highest BCUT2D eigenvalue weighted by Gasteiger charge is 2.23. The van der Waals surface area contributed by atoms with Crippen molar-refractivity contribution in [3.8, 4) is 0 Å². The fourth-order valence-corrected chi connectivity index (χ4v) is 3.68. The molecule has 0 radical (unpaired) electrons. The molecule has 0 unspecified atom stereocenters. The Bertz CT molecular complexity index is 577. The molecule has 0 atom stereocenters. The smallest absolute Gasteiger partial charge is 0.193 e. The van der Waals surface area contributed by atoms with Crippen molar-refractivity contribution in [2.45, 2.75) is 52.4 Å². The summed E-state index contributed by atoms with van der Waals surface area (Å²) in [6.07, 6.45) is 3.61. The first-order valence-electron chi connectivity index (χ1n) is 10.1. The van der Waals surface area contributed by atoms with Gasteiger partial charge in [0.1, 0.15) is 0 Å². The molecule has 1 saturated heterocycles. The second-order valence-electron chi connectivity index (χ2n) is 8.13. The normalized spacial score (nSPS) is 16.6. The Morgan fingerprint density at radius 3 is 2.62 bits per heavy atom. The first-order valence-corrected chi connectivity index (χ1v) is 10.1. The second kappa shape index (κ2) is 9.96. The Kier molecular flexibility index (Phi) is 7.95. The highest BCUT2D eigenvalue weighted by Crippen LogP contribution is 2.26. The van der Waals surface area contributed by atoms with Crippen molar-refractivity contribution in [2.75, 3.05) is 39.9 Å². The zero-order valence-corrected chi connectivity index (χ0v) is 17.3. The summed E-state index contributed by atoms with van der Waals surface area (Å²) in [6.45, 7) is 13.4. The molecule has 4 heteroatoms. The minimum absolute atomic E-state index is 0.0214. The third-order valence-corrected chi connectivity index (χ3v) is 5.41. The summed E-state index contributed by atoms with van der Waals surface area (Å²) in [5.74, 6) is 1.80. The van der Waals surface area contributed by atoms with E-state index in [4.69, 9.17) is 9.73 Å². The minimum atomic E-state index is 0.0214. The molecule has 1 N–H and O–H groups in total. The highest BCUT2D eigenvalue weighted by molar-refractivity contribution is 5.79. The van der Waals surface area contributed by atoms with E-state index in [0.717, 1.165) is 44.7 Å². The molecule has 1 aromatic rings. The largest absolute Gasteiger partial charge is 0.381 e. The van der Waals surface area contributed by atoms with Gasteiger partial charge in [-0.05, 0) is 50.2 Å². The third-order valence-electron chi connectivity index (χ3n) is 5.41. The first-order chi connectivity index (χ1) is 12.4. The van der Waals surface area contributed by atoms with Crippen LogP contribution in [0.2, 0.25) is 0 Å². The van der Waals surface area contributed by atoms with Gasteiger partial charge in [-0.25, -0.2) is 0 Å². The van der Waals surface area contributed by atoms with E-state index in [1.54, 1.807) is 0 Å². The van der Waals surface area contributed by atoms with Gasteiger partial charge in [0.15, 0.2) is 5.96 Å². The lowest BCUT2D eigenvalue weighted by Gasteiger charge is -2.29. The van der Waals surface area contributed by atoms with Crippen LogP contribution >= 0.6 is 0 Å². The highest BCUT2D eigenvalue weighted by atomic mass is 16.5. The van der Waals surface area contributed by atoms with Crippen molar-refractivity contribution < 1.29 is 4.74 Å². The number of guanidine groups is 1. The maximum Gasteiger partial charge on any atom is 0.193 e. The van der Waals surface area contributed by atoms with Gasteiger partial charge >= 0.3 is 0 Å². The lowest BCUT2D eigenvalue weighted by Crippen LogP contribution is -2.41. The quantitative estimate of drug-likeness (QED) is 0.591. The van der Waals surface area contributed by atoms with Crippen LogP contribution in [0.15, 0.2) is 29.3 Å². The average Bonchev–Trinajstić information content (AvgIpc) is 2.64. The lowest BCUT2D eigenvalue weighted by molar-refractivity contribution is 0.0625. The lowest BCUT2D eigenvalue weighted by atomic mass is 9.82. The molecule has 0 spiro atoms. The van der Waals surface area contributed by atoms with E-state index >= 15 is 0 Å². The van der Waals surface area contributed by atoms with Crippen LogP contribution in [0.25, 0.3) is 0 Å². The molecule has 2 rings (SSSR count). The van der Waals surface area contributed by atoms with Crippen LogP contribution in [0.3, 0.4) is 0 Å². The molecular formula is C22H37N3O. The Labute approximate surface area is 160 Å². The molecule has 146 valence electrons. The van der Waals surface area contributed by atoms with Gasteiger partial charge < -0.3 is 15.0 Å². The molecule has 0 aromatic heterocycles. The van der Waals surface area contributed by atoms with Gasteiger partial charge in [0.2, 0.25) is 0 Å². The average molecular weight is 360 g/mol. The molecule has 0 aliphatic carbocycles. The monoisotopic (exact) mass is 359 g/mol. The Morgan fingerprint density at radius 2 is 1.96 bits per heavy atom. The summed E-state index contributed by atoms with van der Waals surface area (Å²) in [4.78, 5) is 7.26. The van der Waals surface area contributed by atoms with E-state index in [1.165, 1.54) is 30.4 Å². The number of nitrogens with zero attached hydrogens (tertiary/aromatic N) is 2. The summed E-state index contributed by atoms with van der Waals surface area (Å²) in [5, 5.41) is 3.46. The van der Waals surface area contributed by atoms with E-state index in [1.807, 2.05) is 0 Å². The van der Waals surface area contributed by atoms with Crippen molar-refractivity contribution in [3.05, 3.63) is 35.4 Å². The Hall–Kier alpha value is -1.55. The molecule has 0 saturated carbocycles. The summed E-state index contributed by atoms with van der Waals surface area (Å²) >= 11 is 0. The summed E-state index contributed by atoms with van der Waals surface area (Å²) in [5.41, 5.74) is 2.74. The summed E-state index contributed by atoms with van der Waals surface area (Å²) in [7, 11) is 2.15. The molecule has 0 amide bonds. The molecule has 1 aliphatic heterocycles. The minimum Gasteiger partial charge on any atom is -0.381 e. The van der Waals surface area contributed by atoms with Crippen LogP contribution in [-0.4, -0.2) is 50.8 Å². The number of aliphatic imine (C=N–C) groups is 1. The van der Waals surface area contributed by atoms with Crippen LogP contribution < -0.4 is 5.32 Å². The Morgan fingerprint density at radius 1 is 1.27 bits per heavy atom. The first kappa shape index (κ1) is 20.8. The van der Waals surface area contributed by atoms with Gasteiger partial charge in [-0.2, -0.15) is 0 Å². The van der Waals surface area contributed by atoms with Gasteiger partial charge in [-0.1, -0.05) is 38.1 Å². The van der Waals surface area contributed by atoms with Crippen LogP contribution in [0.4, 0.5) is 0 Å². The van der Waals surface area contributed by atoms with E-state index in [-0.39, 0.29) is 5.41 Å². The molecule has 1 aromatic carbocycles. The topological polar surface area (TPSA) is 36.9 Å². The second-order valence-corrected chi connectivity index (χ2v) is 8.13. The number of aryl methyl sites for hydroxylation is 1. The van der Waals surface area contributed by atoms with Crippen molar-refractivity contribution >= 4 is 5.96 Å². The molecule has 1 fully saturated rings. The van der Waals surface area contributed by atoms with E-state index in [9.17, 15) is 0 Å². The number of hydrogen-bond acceptors (Lipinski definition) is 2. The van der Waals surface area contributed by atoms with Gasteiger partial charge in [0, 0.05) is 38.8 Å². The molecule has 1 aliphatic rings. The molecule has 0 bridgehead atoms. The van der Waals surface area contributed by atoms with Gasteiger partial charge in [0.25, 0.3) is 0 Å². The molecule has 26 heavy (non-hydrogen) atoms. The van der Waals surface area contributed by atoms with Crippen LogP contribution in [0.1, 0.15) is 51.2 Å². The number of ether oxygens (including phenoxy) is 1. The number of benzene rings is 1. The van der Waals surface area contributed by atoms with Gasteiger partial charge in [0.05, 0.1) is 6.54 Å². The predicted octanol–water partition coefficient (Wildman–Crippen LogP) is 3.99. The predicted molar refractivity (Wildman–Crippen MR) is 111 cm³/mol. The Balaban J connectivity index is 1.99. The van der Waals surface area contributed by atoms with Crippen molar-refractivity contribution in [2.24, 2.45) is 10.9 Å². The van der Waals surface area contributed by atoms with E-state index in [2.05, 4.69) is 69.2 Å².